The summed E-state index contributed by atoms with van der Waals surface area (Å²) < 4.78 is 2.23. The number of carbonyl (C=O) groups excluding carboxylic acids is 1. The third-order valence-electron chi connectivity index (χ3n) is 5.21. The first-order valence-corrected chi connectivity index (χ1v) is 11.7. The molecule has 0 saturated carbocycles. The van der Waals surface area contributed by atoms with E-state index in [4.69, 9.17) is 0 Å². The van der Waals surface area contributed by atoms with Gasteiger partial charge in [-0.2, -0.15) is 3.96 Å². The maximum Gasteiger partial charge on any atom is 0.275 e. The summed E-state index contributed by atoms with van der Waals surface area (Å²) >= 11 is 1.27. The monoisotopic (exact) mass is 389 g/mol. The molecule has 1 heterocycles. The molecule has 1 aromatic heterocycles. The van der Waals surface area contributed by atoms with Crippen LogP contribution >= 0.6 is 11.5 Å². The molecular weight excluding hydrogens is 354 g/mol. The molecule has 0 aliphatic heterocycles. The number of nitrogens with zero attached hydrogens (tertiary/aromatic N) is 1. The standard InChI is InChI=1S/C23H35NO2S/c1-2-3-4-5-6-7-8-9-10-11-12-13-14-19-22(25)24-23(26)20-17-15-16-18-21(20)27-24/h15-18H,2-14,19H2,1H3. The molecule has 150 valence electrons. The summed E-state index contributed by atoms with van der Waals surface area (Å²) in [6.45, 7) is 2.26. The predicted octanol–water partition coefficient (Wildman–Crippen LogP) is 7.18. The summed E-state index contributed by atoms with van der Waals surface area (Å²) in [5.74, 6) is -0.0516. The van der Waals surface area contributed by atoms with Gasteiger partial charge in [-0.05, 0) is 30.1 Å². The van der Waals surface area contributed by atoms with Crippen LogP contribution in [0.5, 0.6) is 0 Å². The van der Waals surface area contributed by atoms with Gasteiger partial charge in [0.2, 0.25) is 5.91 Å². The van der Waals surface area contributed by atoms with Gasteiger partial charge in [0.05, 0.1) is 10.1 Å². The number of aromatic nitrogens is 1. The van der Waals surface area contributed by atoms with Gasteiger partial charge in [-0.15, -0.1) is 0 Å². The summed E-state index contributed by atoms with van der Waals surface area (Å²) in [5.41, 5.74) is -0.157. The lowest BCUT2D eigenvalue weighted by atomic mass is 10.0. The lowest BCUT2D eigenvalue weighted by Crippen LogP contribution is -2.20. The molecule has 4 heteroatoms. The number of unbranched alkanes of at least 4 members (excludes halogenated alkanes) is 12. The van der Waals surface area contributed by atoms with Crippen LogP contribution in [0.15, 0.2) is 29.1 Å². The molecule has 0 bridgehead atoms. The highest BCUT2D eigenvalue weighted by molar-refractivity contribution is 7.14. The number of fused-ring (bicyclic) bond motifs is 1. The van der Waals surface area contributed by atoms with Crippen molar-refractivity contribution in [2.45, 2.75) is 96.8 Å². The van der Waals surface area contributed by atoms with Gasteiger partial charge >= 0.3 is 0 Å². The van der Waals surface area contributed by atoms with E-state index >= 15 is 0 Å². The first kappa shape index (κ1) is 21.9. The molecule has 0 saturated heterocycles. The second-order valence-electron chi connectivity index (χ2n) is 7.57. The highest BCUT2D eigenvalue weighted by Gasteiger charge is 2.12. The minimum atomic E-state index is -0.157. The highest BCUT2D eigenvalue weighted by atomic mass is 32.1. The Morgan fingerprint density at radius 1 is 0.815 bits per heavy atom. The van der Waals surface area contributed by atoms with Crippen LogP contribution in [0.2, 0.25) is 0 Å². The minimum Gasteiger partial charge on any atom is -0.273 e. The second kappa shape index (κ2) is 12.9. The summed E-state index contributed by atoms with van der Waals surface area (Å²) in [6, 6.07) is 7.44. The van der Waals surface area contributed by atoms with Crippen LogP contribution in [-0.2, 0) is 0 Å². The molecule has 1 aromatic carbocycles. The van der Waals surface area contributed by atoms with E-state index in [1.165, 1.54) is 86.1 Å². The molecule has 0 unspecified atom stereocenters. The van der Waals surface area contributed by atoms with E-state index in [1.807, 2.05) is 18.2 Å². The second-order valence-corrected chi connectivity index (χ2v) is 8.56. The Labute approximate surface area is 167 Å². The van der Waals surface area contributed by atoms with Gasteiger partial charge in [0.1, 0.15) is 0 Å². The smallest absolute Gasteiger partial charge is 0.273 e. The summed E-state index contributed by atoms with van der Waals surface area (Å²) in [5, 5.41) is 0.654. The van der Waals surface area contributed by atoms with Crippen molar-refractivity contribution in [2.75, 3.05) is 0 Å². The van der Waals surface area contributed by atoms with Crippen molar-refractivity contribution in [3.05, 3.63) is 34.6 Å². The topological polar surface area (TPSA) is 39.1 Å². The van der Waals surface area contributed by atoms with E-state index in [0.29, 0.717) is 11.8 Å². The van der Waals surface area contributed by atoms with Crippen LogP contribution in [0.3, 0.4) is 0 Å². The van der Waals surface area contributed by atoms with Crippen LogP contribution in [0, 0.1) is 0 Å². The lowest BCUT2D eigenvalue weighted by Gasteiger charge is -2.03. The predicted molar refractivity (Wildman–Crippen MR) is 117 cm³/mol. The van der Waals surface area contributed by atoms with E-state index in [1.54, 1.807) is 6.07 Å². The Morgan fingerprint density at radius 3 is 1.89 bits per heavy atom. The van der Waals surface area contributed by atoms with Crippen LogP contribution in [0.1, 0.15) is 102 Å². The third kappa shape index (κ3) is 7.61. The Hall–Kier alpha value is -1.42. The average Bonchev–Trinajstić information content (AvgIpc) is 3.02. The van der Waals surface area contributed by atoms with Crippen molar-refractivity contribution in [3.8, 4) is 0 Å². The molecule has 3 nitrogen and oxygen atoms in total. The van der Waals surface area contributed by atoms with Gasteiger partial charge in [0.25, 0.3) is 5.56 Å². The lowest BCUT2D eigenvalue weighted by molar-refractivity contribution is 0.0908. The third-order valence-corrected chi connectivity index (χ3v) is 6.32. The van der Waals surface area contributed by atoms with Crippen LogP contribution in [0.4, 0.5) is 0 Å². The fourth-order valence-corrected chi connectivity index (χ4v) is 4.50. The van der Waals surface area contributed by atoms with E-state index < -0.39 is 0 Å². The molecular formula is C23H35NO2S. The van der Waals surface area contributed by atoms with Crippen molar-refractivity contribution in [2.24, 2.45) is 0 Å². The zero-order valence-corrected chi connectivity index (χ0v) is 17.7. The minimum absolute atomic E-state index is 0.0516. The molecule has 0 aliphatic rings. The molecule has 0 spiro atoms. The van der Waals surface area contributed by atoms with E-state index in [-0.39, 0.29) is 11.5 Å². The first-order valence-electron chi connectivity index (χ1n) is 10.9. The van der Waals surface area contributed by atoms with Gasteiger partial charge in [-0.25, -0.2) is 0 Å². The average molecular weight is 390 g/mol. The van der Waals surface area contributed by atoms with Gasteiger partial charge in [0, 0.05) is 6.42 Å². The highest BCUT2D eigenvalue weighted by Crippen LogP contribution is 2.17. The van der Waals surface area contributed by atoms with E-state index in [2.05, 4.69) is 6.92 Å². The maximum absolute atomic E-state index is 12.3. The van der Waals surface area contributed by atoms with Crippen molar-refractivity contribution < 1.29 is 4.79 Å². The number of benzene rings is 1. The SMILES string of the molecule is CCCCCCCCCCCCCCCC(=O)n1sc2ccccc2c1=O. The zero-order chi connectivity index (χ0) is 19.3. The van der Waals surface area contributed by atoms with Crippen LogP contribution in [0.25, 0.3) is 10.1 Å². The Morgan fingerprint density at radius 2 is 1.33 bits per heavy atom. The van der Waals surface area contributed by atoms with Gasteiger partial charge < -0.3 is 0 Å². The quantitative estimate of drug-likeness (QED) is 0.321. The Bertz CT molecular complexity index is 731. The summed E-state index contributed by atoms with van der Waals surface area (Å²) in [6.07, 6.45) is 17.3. The molecule has 27 heavy (non-hydrogen) atoms. The van der Waals surface area contributed by atoms with Gasteiger partial charge in [0.15, 0.2) is 0 Å². The summed E-state index contributed by atoms with van der Waals surface area (Å²) in [4.78, 5) is 24.6. The summed E-state index contributed by atoms with van der Waals surface area (Å²) in [7, 11) is 0. The molecule has 0 radical (unpaired) electrons. The normalized spacial score (nSPS) is 11.3. The van der Waals surface area contributed by atoms with Crippen LogP contribution in [-0.4, -0.2) is 9.86 Å². The van der Waals surface area contributed by atoms with Gasteiger partial charge in [-0.3, -0.25) is 9.59 Å². The van der Waals surface area contributed by atoms with Crippen LogP contribution < -0.4 is 5.56 Å². The Kier molecular flexibility index (Phi) is 10.4. The number of hydrogen-bond acceptors (Lipinski definition) is 3. The van der Waals surface area contributed by atoms with E-state index in [9.17, 15) is 9.59 Å². The fourth-order valence-electron chi connectivity index (χ4n) is 3.53. The largest absolute Gasteiger partial charge is 0.275 e. The molecule has 2 aromatic rings. The van der Waals surface area contributed by atoms with Gasteiger partial charge in [-0.1, -0.05) is 96.1 Å². The Balaban J connectivity index is 1.50. The van der Waals surface area contributed by atoms with Crippen molar-refractivity contribution >= 4 is 27.5 Å². The first-order chi connectivity index (χ1) is 13.2. The molecule has 0 atom stereocenters. The number of carbonyl (C=O) groups is 1. The number of rotatable bonds is 14. The van der Waals surface area contributed by atoms with Crippen molar-refractivity contribution in [1.82, 2.24) is 3.96 Å². The van der Waals surface area contributed by atoms with E-state index in [0.717, 1.165) is 17.5 Å². The number of hydrogen-bond donors (Lipinski definition) is 0. The molecule has 0 amide bonds. The molecule has 0 aliphatic carbocycles. The molecule has 0 fully saturated rings. The van der Waals surface area contributed by atoms with Crippen molar-refractivity contribution in [3.63, 3.8) is 0 Å². The maximum atomic E-state index is 12.3. The van der Waals surface area contributed by atoms with Crippen molar-refractivity contribution in [1.29, 1.82) is 0 Å². The zero-order valence-electron chi connectivity index (χ0n) is 16.9. The molecule has 0 N–H and O–H groups in total. The molecule has 2 rings (SSSR count). The fraction of sp³-hybridized carbons (Fsp3) is 0.652.